The van der Waals surface area contributed by atoms with Crippen LogP contribution in [-0.4, -0.2) is 54.9 Å². The Balaban J connectivity index is 2.07. The highest BCUT2D eigenvalue weighted by atomic mass is 16.3. The minimum Gasteiger partial charge on any atom is -0.390 e. The zero-order chi connectivity index (χ0) is 15.0. The van der Waals surface area contributed by atoms with E-state index in [0.29, 0.717) is 25.6 Å². The minimum atomic E-state index is -0.487. The first kappa shape index (κ1) is 17.2. The van der Waals surface area contributed by atoms with Gasteiger partial charge in [0.25, 0.3) is 0 Å². The van der Waals surface area contributed by atoms with Crippen molar-refractivity contribution in [2.45, 2.75) is 46.1 Å². The number of nitrogens with zero attached hydrogens (tertiary/aromatic N) is 1. The van der Waals surface area contributed by atoms with Gasteiger partial charge in [0.1, 0.15) is 0 Å². The number of rotatable bonds is 7. The summed E-state index contributed by atoms with van der Waals surface area (Å²) in [5.74, 6) is 1.38. The second-order valence-electron chi connectivity index (χ2n) is 6.46. The molecule has 1 aliphatic rings. The van der Waals surface area contributed by atoms with E-state index in [1.165, 1.54) is 12.8 Å². The maximum atomic E-state index is 11.5. The molecule has 1 unspecified atom stereocenters. The van der Waals surface area contributed by atoms with Crippen molar-refractivity contribution in [3.63, 3.8) is 0 Å². The zero-order valence-electron chi connectivity index (χ0n) is 13.2. The molecule has 118 valence electrons. The average Bonchev–Trinajstić information content (AvgIpc) is 2.39. The maximum absolute atomic E-state index is 11.5. The van der Waals surface area contributed by atoms with Gasteiger partial charge in [-0.25, -0.2) is 4.79 Å². The topological polar surface area (TPSA) is 64.6 Å². The third-order valence-electron chi connectivity index (χ3n) is 3.85. The van der Waals surface area contributed by atoms with Crippen molar-refractivity contribution in [1.82, 2.24) is 15.5 Å². The Morgan fingerprint density at radius 3 is 2.55 bits per heavy atom. The smallest absolute Gasteiger partial charge is 0.314 e. The summed E-state index contributed by atoms with van der Waals surface area (Å²) < 4.78 is 0. The molecule has 1 heterocycles. The number of urea groups is 1. The number of hydrogen-bond acceptors (Lipinski definition) is 3. The molecular formula is C15H31N3O2. The summed E-state index contributed by atoms with van der Waals surface area (Å²) in [5.41, 5.74) is 0. The van der Waals surface area contributed by atoms with Gasteiger partial charge < -0.3 is 20.6 Å². The van der Waals surface area contributed by atoms with Crippen molar-refractivity contribution >= 4 is 6.03 Å². The Bertz CT molecular complexity index is 276. The van der Waals surface area contributed by atoms with Gasteiger partial charge in [0.05, 0.1) is 6.10 Å². The molecule has 0 aromatic carbocycles. The van der Waals surface area contributed by atoms with Crippen LogP contribution in [0.4, 0.5) is 4.79 Å². The van der Waals surface area contributed by atoms with Gasteiger partial charge in [-0.1, -0.05) is 20.8 Å². The molecule has 1 fully saturated rings. The lowest BCUT2D eigenvalue weighted by Gasteiger charge is -2.31. The Morgan fingerprint density at radius 2 is 1.95 bits per heavy atom. The normalized spacial score (nSPS) is 19.1. The molecule has 3 N–H and O–H groups in total. The molecule has 0 spiro atoms. The number of carbonyl (C=O) groups is 1. The lowest BCUT2D eigenvalue weighted by molar-refractivity contribution is 0.0920. The highest BCUT2D eigenvalue weighted by Crippen LogP contribution is 2.15. The van der Waals surface area contributed by atoms with Crippen molar-refractivity contribution in [3.05, 3.63) is 0 Å². The summed E-state index contributed by atoms with van der Waals surface area (Å²) in [4.78, 5) is 13.8. The van der Waals surface area contributed by atoms with Crippen LogP contribution in [0.3, 0.4) is 0 Å². The standard InChI is InChI=1S/C15H31N3O2/c1-12(2)4-7-16-15(20)17-10-14(19)11-18-8-5-13(3)6-9-18/h12-14,19H,4-11H2,1-3H3,(H2,16,17,20). The molecule has 5 heteroatoms. The Morgan fingerprint density at radius 1 is 1.30 bits per heavy atom. The van der Waals surface area contributed by atoms with Crippen LogP contribution in [-0.2, 0) is 0 Å². The molecule has 0 aromatic heterocycles. The third kappa shape index (κ3) is 7.70. The van der Waals surface area contributed by atoms with E-state index in [9.17, 15) is 9.90 Å². The minimum absolute atomic E-state index is 0.183. The fourth-order valence-corrected chi connectivity index (χ4v) is 2.35. The van der Waals surface area contributed by atoms with E-state index >= 15 is 0 Å². The predicted octanol–water partition coefficient (Wildman–Crippen LogP) is 1.42. The summed E-state index contributed by atoms with van der Waals surface area (Å²) in [6.45, 7) is 10.3. The van der Waals surface area contributed by atoms with Crippen LogP contribution in [0, 0.1) is 11.8 Å². The van der Waals surface area contributed by atoms with Crippen LogP contribution in [0.1, 0.15) is 40.0 Å². The van der Waals surface area contributed by atoms with Crippen LogP contribution in [0.15, 0.2) is 0 Å². The van der Waals surface area contributed by atoms with Crippen molar-refractivity contribution in [3.8, 4) is 0 Å². The molecule has 1 saturated heterocycles. The van der Waals surface area contributed by atoms with Gasteiger partial charge in [0.15, 0.2) is 0 Å². The lowest BCUT2D eigenvalue weighted by Crippen LogP contribution is -2.45. The first-order chi connectivity index (χ1) is 9.47. The number of likely N-dealkylation sites (tertiary alicyclic amines) is 1. The van der Waals surface area contributed by atoms with E-state index in [1.54, 1.807) is 0 Å². The van der Waals surface area contributed by atoms with Gasteiger partial charge >= 0.3 is 6.03 Å². The number of nitrogens with one attached hydrogen (secondary N) is 2. The SMILES string of the molecule is CC(C)CCNC(=O)NCC(O)CN1CCC(C)CC1. The number of carbonyl (C=O) groups excluding carboxylic acids is 1. The molecule has 20 heavy (non-hydrogen) atoms. The van der Waals surface area contributed by atoms with Gasteiger partial charge in [0.2, 0.25) is 0 Å². The first-order valence-electron chi connectivity index (χ1n) is 7.89. The fraction of sp³-hybridized carbons (Fsp3) is 0.933. The molecule has 1 rings (SSSR count). The number of hydrogen-bond donors (Lipinski definition) is 3. The average molecular weight is 285 g/mol. The van der Waals surface area contributed by atoms with Crippen LogP contribution in [0.2, 0.25) is 0 Å². The molecule has 1 aliphatic heterocycles. The molecule has 0 saturated carbocycles. The molecule has 5 nitrogen and oxygen atoms in total. The number of aliphatic hydroxyl groups is 1. The maximum Gasteiger partial charge on any atom is 0.314 e. The lowest BCUT2D eigenvalue weighted by atomic mass is 9.99. The van der Waals surface area contributed by atoms with Gasteiger partial charge in [-0.3, -0.25) is 0 Å². The Kier molecular flexibility index (Phi) is 7.92. The molecule has 2 amide bonds. The van der Waals surface area contributed by atoms with Gasteiger partial charge in [-0.05, 0) is 44.2 Å². The third-order valence-corrected chi connectivity index (χ3v) is 3.85. The van der Waals surface area contributed by atoms with E-state index in [1.807, 2.05) is 0 Å². The van der Waals surface area contributed by atoms with Crippen molar-refractivity contribution in [2.75, 3.05) is 32.7 Å². The van der Waals surface area contributed by atoms with Gasteiger partial charge in [-0.2, -0.15) is 0 Å². The second kappa shape index (κ2) is 9.19. The van der Waals surface area contributed by atoms with Crippen molar-refractivity contribution in [2.24, 2.45) is 11.8 Å². The highest BCUT2D eigenvalue weighted by Gasteiger charge is 2.18. The Hall–Kier alpha value is -0.810. The summed E-state index contributed by atoms with van der Waals surface area (Å²) in [6, 6.07) is -0.183. The molecule has 0 bridgehead atoms. The molecule has 1 atom stereocenters. The fourth-order valence-electron chi connectivity index (χ4n) is 2.35. The van der Waals surface area contributed by atoms with Crippen LogP contribution < -0.4 is 10.6 Å². The quantitative estimate of drug-likeness (QED) is 0.663. The van der Waals surface area contributed by atoms with Crippen LogP contribution >= 0.6 is 0 Å². The Labute approximate surface area is 123 Å². The molecule has 0 radical (unpaired) electrons. The summed E-state index contributed by atoms with van der Waals surface area (Å²) in [6.07, 6.45) is 2.90. The second-order valence-corrected chi connectivity index (χ2v) is 6.46. The zero-order valence-corrected chi connectivity index (χ0v) is 13.2. The largest absolute Gasteiger partial charge is 0.390 e. The summed E-state index contributed by atoms with van der Waals surface area (Å²) in [5, 5.41) is 15.5. The number of piperidine rings is 1. The molecular weight excluding hydrogens is 254 g/mol. The predicted molar refractivity (Wildman–Crippen MR) is 81.7 cm³/mol. The van der Waals surface area contributed by atoms with E-state index in [-0.39, 0.29) is 6.03 Å². The van der Waals surface area contributed by atoms with E-state index in [4.69, 9.17) is 0 Å². The van der Waals surface area contributed by atoms with Crippen LogP contribution in [0.25, 0.3) is 0 Å². The van der Waals surface area contributed by atoms with E-state index in [2.05, 4.69) is 36.3 Å². The highest BCUT2D eigenvalue weighted by molar-refractivity contribution is 5.73. The number of aliphatic hydroxyl groups excluding tert-OH is 1. The number of amides is 2. The van der Waals surface area contributed by atoms with Gasteiger partial charge in [-0.15, -0.1) is 0 Å². The van der Waals surface area contributed by atoms with Crippen LogP contribution in [0.5, 0.6) is 0 Å². The van der Waals surface area contributed by atoms with E-state index in [0.717, 1.165) is 25.4 Å². The first-order valence-corrected chi connectivity index (χ1v) is 7.89. The molecule has 0 aliphatic carbocycles. The van der Waals surface area contributed by atoms with Gasteiger partial charge in [0, 0.05) is 19.6 Å². The van der Waals surface area contributed by atoms with Crippen molar-refractivity contribution in [1.29, 1.82) is 0 Å². The van der Waals surface area contributed by atoms with E-state index < -0.39 is 6.10 Å². The number of β-amino-alcohol motifs (C(OH)–C–C–N with tert-alkyl or cyclic N) is 1. The van der Waals surface area contributed by atoms with Crippen molar-refractivity contribution < 1.29 is 9.90 Å². The summed E-state index contributed by atoms with van der Waals surface area (Å²) in [7, 11) is 0. The monoisotopic (exact) mass is 285 g/mol. The molecule has 0 aromatic rings. The summed E-state index contributed by atoms with van der Waals surface area (Å²) >= 11 is 0.